The first kappa shape index (κ1) is 14.4. The number of nitrogens with one attached hydrogen (secondary N) is 2. The summed E-state index contributed by atoms with van der Waals surface area (Å²) in [6.07, 6.45) is 1.76. The molecular weight excluding hydrogens is 284 g/mol. The lowest BCUT2D eigenvalue weighted by atomic mass is 9.76. The maximum absolute atomic E-state index is 12.5. The fourth-order valence-electron chi connectivity index (χ4n) is 2.86. The number of aromatic amines is 1. The SMILES string of the molecule is COc1ccc2[nH]c(C(=O)NC3(C(=O)O)CCC3)c(C)c2c1. The summed E-state index contributed by atoms with van der Waals surface area (Å²) in [7, 11) is 1.59. The van der Waals surface area contributed by atoms with Crippen molar-refractivity contribution < 1.29 is 19.4 Å². The van der Waals surface area contributed by atoms with Crippen LogP contribution in [0.15, 0.2) is 18.2 Å². The molecule has 1 aromatic carbocycles. The van der Waals surface area contributed by atoms with Crippen molar-refractivity contribution in [2.24, 2.45) is 0 Å². The van der Waals surface area contributed by atoms with Crippen LogP contribution in [0.1, 0.15) is 35.3 Å². The number of ether oxygens (including phenoxy) is 1. The number of aliphatic carboxylic acids is 1. The third-order valence-electron chi connectivity index (χ3n) is 4.46. The minimum absolute atomic E-state index is 0.380. The highest BCUT2D eigenvalue weighted by molar-refractivity contribution is 6.03. The van der Waals surface area contributed by atoms with Crippen molar-refractivity contribution in [3.63, 3.8) is 0 Å². The molecule has 3 rings (SSSR count). The zero-order chi connectivity index (χ0) is 15.9. The van der Waals surface area contributed by atoms with Crippen LogP contribution in [0.4, 0.5) is 0 Å². The summed E-state index contributed by atoms with van der Waals surface area (Å²) in [5.41, 5.74) is 0.891. The van der Waals surface area contributed by atoms with E-state index in [-0.39, 0.29) is 5.91 Å². The Bertz CT molecular complexity index is 759. The number of carboxylic acid groups (broad SMARTS) is 1. The van der Waals surface area contributed by atoms with Crippen LogP contribution in [0.2, 0.25) is 0 Å². The Balaban J connectivity index is 1.94. The zero-order valence-corrected chi connectivity index (χ0v) is 12.5. The first-order chi connectivity index (χ1) is 10.5. The number of carbonyl (C=O) groups is 2. The van der Waals surface area contributed by atoms with E-state index in [2.05, 4.69) is 10.3 Å². The Morgan fingerprint density at radius 2 is 2.09 bits per heavy atom. The van der Waals surface area contributed by atoms with Crippen molar-refractivity contribution in [2.75, 3.05) is 7.11 Å². The maximum atomic E-state index is 12.5. The van der Waals surface area contributed by atoms with Crippen LogP contribution in [0, 0.1) is 6.92 Å². The molecule has 0 saturated heterocycles. The van der Waals surface area contributed by atoms with Gasteiger partial charge in [0.05, 0.1) is 7.11 Å². The van der Waals surface area contributed by atoms with Crippen molar-refractivity contribution in [1.29, 1.82) is 0 Å². The lowest BCUT2D eigenvalue weighted by Crippen LogP contribution is -2.59. The molecule has 0 aliphatic heterocycles. The number of carboxylic acids is 1. The zero-order valence-electron chi connectivity index (χ0n) is 12.5. The number of hydrogen-bond acceptors (Lipinski definition) is 3. The van der Waals surface area contributed by atoms with Crippen LogP contribution < -0.4 is 10.1 Å². The van der Waals surface area contributed by atoms with Gasteiger partial charge in [-0.2, -0.15) is 0 Å². The number of methoxy groups -OCH3 is 1. The van der Waals surface area contributed by atoms with E-state index in [1.807, 2.05) is 25.1 Å². The highest BCUT2D eigenvalue weighted by atomic mass is 16.5. The van der Waals surface area contributed by atoms with E-state index >= 15 is 0 Å². The highest BCUT2D eigenvalue weighted by Gasteiger charge is 2.46. The molecule has 22 heavy (non-hydrogen) atoms. The molecule has 6 nitrogen and oxygen atoms in total. The van der Waals surface area contributed by atoms with Gasteiger partial charge in [-0.3, -0.25) is 4.79 Å². The van der Waals surface area contributed by atoms with Crippen LogP contribution in [0.5, 0.6) is 5.75 Å². The van der Waals surface area contributed by atoms with E-state index in [9.17, 15) is 14.7 Å². The van der Waals surface area contributed by atoms with Crippen molar-refractivity contribution >= 4 is 22.8 Å². The van der Waals surface area contributed by atoms with Crippen LogP contribution in [-0.4, -0.2) is 34.6 Å². The minimum Gasteiger partial charge on any atom is -0.497 e. The first-order valence-electron chi connectivity index (χ1n) is 7.19. The number of amides is 1. The minimum atomic E-state index is -1.11. The van der Waals surface area contributed by atoms with Crippen LogP contribution >= 0.6 is 0 Å². The second-order valence-electron chi connectivity index (χ2n) is 5.73. The lowest BCUT2D eigenvalue weighted by molar-refractivity contribution is -0.148. The van der Waals surface area contributed by atoms with Gasteiger partial charge in [0.1, 0.15) is 17.0 Å². The van der Waals surface area contributed by atoms with E-state index in [4.69, 9.17) is 4.74 Å². The maximum Gasteiger partial charge on any atom is 0.329 e. The van der Waals surface area contributed by atoms with Gasteiger partial charge in [-0.25, -0.2) is 4.79 Å². The largest absolute Gasteiger partial charge is 0.497 e. The molecule has 6 heteroatoms. The number of rotatable bonds is 4. The Hall–Kier alpha value is -2.50. The molecule has 0 atom stereocenters. The van der Waals surface area contributed by atoms with E-state index in [0.29, 0.717) is 24.3 Å². The fraction of sp³-hybridized carbons (Fsp3) is 0.375. The standard InChI is InChI=1S/C16H18N2O4/c1-9-11-8-10(22-2)4-5-12(11)17-13(9)14(19)18-16(15(20)21)6-3-7-16/h4-5,8,17H,3,6-7H2,1-2H3,(H,18,19)(H,20,21). The number of hydrogen-bond donors (Lipinski definition) is 3. The summed E-state index contributed by atoms with van der Waals surface area (Å²) in [5, 5.41) is 12.9. The molecular formula is C16H18N2O4. The molecule has 1 aromatic heterocycles. The number of benzene rings is 1. The Kier molecular flexibility index (Phi) is 3.31. The number of H-pyrrole nitrogens is 1. The summed E-state index contributed by atoms with van der Waals surface area (Å²) in [5.74, 6) is -0.639. The molecule has 0 spiro atoms. The molecule has 1 amide bonds. The van der Waals surface area contributed by atoms with Gasteiger partial charge in [-0.05, 0) is 49.9 Å². The van der Waals surface area contributed by atoms with Crippen molar-refractivity contribution in [1.82, 2.24) is 10.3 Å². The molecule has 0 unspecified atom stereocenters. The first-order valence-corrected chi connectivity index (χ1v) is 7.19. The smallest absolute Gasteiger partial charge is 0.329 e. The third kappa shape index (κ3) is 2.11. The summed E-state index contributed by atoms with van der Waals surface area (Å²) in [4.78, 5) is 26.9. The molecule has 1 aliphatic carbocycles. The van der Waals surface area contributed by atoms with Crippen LogP contribution in [0.3, 0.4) is 0 Å². The molecule has 1 saturated carbocycles. The van der Waals surface area contributed by atoms with E-state index in [0.717, 1.165) is 22.9 Å². The molecule has 1 fully saturated rings. The van der Waals surface area contributed by atoms with E-state index in [1.54, 1.807) is 7.11 Å². The molecule has 3 N–H and O–H groups in total. The lowest BCUT2D eigenvalue weighted by Gasteiger charge is -2.38. The number of aryl methyl sites for hydroxylation is 1. The molecule has 1 aliphatic rings. The average Bonchev–Trinajstić information content (AvgIpc) is 2.79. The van der Waals surface area contributed by atoms with Crippen LogP contribution in [0.25, 0.3) is 10.9 Å². The molecule has 0 radical (unpaired) electrons. The Morgan fingerprint density at radius 1 is 1.36 bits per heavy atom. The topological polar surface area (TPSA) is 91.4 Å². The quantitative estimate of drug-likeness (QED) is 0.807. The average molecular weight is 302 g/mol. The number of aromatic nitrogens is 1. The Morgan fingerprint density at radius 3 is 2.64 bits per heavy atom. The van der Waals surface area contributed by atoms with Crippen molar-refractivity contribution in [3.05, 3.63) is 29.5 Å². The van der Waals surface area contributed by atoms with Gasteiger partial charge in [0.15, 0.2) is 0 Å². The molecule has 116 valence electrons. The number of fused-ring (bicyclic) bond motifs is 1. The molecule has 2 aromatic rings. The number of carbonyl (C=O) groups excluding carboxylic acids is 1. The van der Waals surface area contributed by atoms with Gasteiger partial charge >= 0.3 is 5.97 Å². The predicted octanol–water partition coefficient (Wildman–Crippen LogP) is 2.22. The highest BCUT2D eigenvalue weighted by Crippen LogP contribution is 2.33. The van der Waals surface area contributed by atoms with Gasteiger partial charge < -0.3 is 20.1 Å². The fourth-order valence-corrected chi connectivity index (χ4v) is 2.86. The van der Waals surface area contributed by atoms with Crippen LogP contribution in [-0.2, 0) is 4.79 Å². The molecule has 0 bridgehead atoms. The second-order valence-corrected chi connectivity index (χ2v) is 5.73. The molecule has 1 heterocycles. The van der Waals surface area contributed by atoms with Crippen molar-refractivity contribution in [2.45, 2.75) is 31.7 Å². The van der Waals surface area contributed by atoms with Gasteiger partial charge in [-0.15, -0.1) is 0 Å². The second kappa shape index (κ2) is 5.05. The van der Waals surface area contributed by atoms with Gasteiger partial charge in [0.2, 0.25) is 0 Å². The van der Waals surface area contributed by atoms with Gasteiger partial charge in [-0.1, -0.05) is 0 Å². The van der Waals surface area contributed by atoms with Gasteiger partial charge in [0, 0.05) is 10.9 Å². The Labute approximate surface area is 127 Å². The van der Waals surface area contributed by atoms with E-state index in [1.165, 1.54) is 0 Å². The van der Waals surface area contributed by atoms with E-state index < -0.39 is 11.5 Å². The monoisotopic (exact) mass is 302 g/mol. The third-order valence-corrected chi connectivity index (χ3v) is 4.46. The summed E-state index contributed by atoms with van der Waals surface area (Å²) >= 11 is 0. The van der Waals surface area contributed by atoms with Gasteiger partial charge in [0.25, 0.3) is 5.91 Å². The van der Waals surface area contributed by atoms with Crippen molar-refractivity contribution in [3.8, 4) is 5.75 Å². The summed E-state index contributed by atoms with van der Waals surface area (Å²) in [6, 6.07) is 5.51. The normalized spacial score (nSPS) is 16.1. The summed E-state index contributed by atoms with van der Waals surface area (Å²) in [6.45, 7) is 1.83. The predicted molar refractivity (Wildman–Crippen MR) is 81.3 cm³/mol. The summed E-state index contributed by atoms with van der Waals surface area (Å²) < 4.78 is 5.19.